The second kappa shape index (κ2) is 5.79. The summed E-state index contributed by atoms with van der Waals surface area (Å²) in [6, 6.07) is 11.7. The Morgan fingerprint density at radius 3 is 2.46 bits per heavy atom. The minimum absolute atomic E-state index is 0.120. The molecule has 0 radical (unpaired) electrons. The summed E-state index contributed by atoms with van der Waals surface area (Å²) in [7, 11) is -3.70. The Hall–Kier alpha value is -2.60. The monoisotopic (exact) mass is 343 g/mol. The highest BCUT2D eigenvalue weighted by atomic mass is 32.2. The normalized spacial score (nSPS) is 11.6. The smallest absolute Gasteiger partial charge is 0.262 e. The summed E-state index contributed by atoms with van der Waals surface area (Å²) in [4.78, 5) is 12.0. The number of Topliss-reactive ketones (excluding diaryl/α,β-unsaturated/α-hetero) is 1. The molecule has 1 heterocycles. The average Bonchev–Trinajstić information content (AvgIpc) is 2.82. The van der Waals surface area contributed by atoms with Crippen LogP contribution in [0.5, 0.6) is 0 Å². The number of fused-ring (bicyclic) bond motifs is 1. The number of hydrogen-bond acceptors (Lipinski definition) is 4. The first-order chi connectivity index (χ1) is 11.3. The van der Waals surface area contributed by atoms with Gasteiger partial charge in [0.25, 0.3) is 10.0 Å². The molecule has 3 aromatic rings. The molecule has 0 saturated carbocycles. The van der Waals surface area contributed by atoms with Crippen LogP contribution in [0.15, 0.2) is 51.8 Å². The van der Waals surface area contributed by atoms with E-state index in [1.165, 1.54) is 6.92 Å². The molecule has 6 heteroatoms. The van der Waals surface area contributed by atoms with E-state index in [0.717, 1.165) is 0 Å². The quantitative estimate of drug-likeness (QED) is 0.725. The van der Waals surface area contributed by atoms with Gasteiger partial charge in [0.1, 0.15) is 11.3 Å². The minimum atomic E-state index is -3.70. The molecule has 24 heavy (non-hydrogen) atoms. The van der Waals surface area contributed by atoms with E-state index in [9.17, 15) is 13.2 Å². The standard InChI is InChI=1S/C18H17NO4S/c1-11-6-4-5-7-17(11)24(21,22)19-14-8-9-16-15(10-14)18(12(2)20)13(3)23-16/h4-10,19H,1-3H3. The number of furan rings is 1. The zero-order chi connectivity index (χ0) is 17.5. The molecular weight excluding hydrogens is 326 g/mol. The number of hydrogen-bond donors (Lipinski definition) is 1. The van der Waals surface area contributed by atoms with Crippen molar-refractivity contribution in [1.82, 2.24) is 0 Å². The van der Waals surface area contributed by atoms with Crippen LogP contribution < -0.4 is 4.72 Å². The third-order valence-electron chi connectivity index (χ3n) is 3.85. The second-order valence-corrected chi connectivity index (χ2v) is 7.32. The van der Waals surface area contributed by atoms with Gasteiger partial charge in [-0.2, -0.15) is 0 Å². The third-order valence-corrected chi connectivity index (χ3v) is 5.39. The van der Waals surface area contributed by atoms with Crippen LogP contribution in [0.4, 0.5) is 5.69 Å². The number of rotatable bonds is 4. The SMILES string of the molecule is CC(=O)c1c(C)oc2ccc(NS(=O)(=O)c3ccccc3C)cc12. The Balaban J connectivity index is 2.06. The molecule has 1 N–H and O–H groups in total. The van der Waals surface area contributed by atoms with Gasteiger partial charge in [-0.15, -0.1) is 0 Å². The van der Waals surface area contributed by atoms with Gasteiger partial charge < -0.3 is 4.42 Å². The molecule has 0 fully saturated rings. The highest BCUT2D eigenvalue weighted by Crippen LogP contribution is 2.29. The second-order valence-electron chi connectivity index (χ2n) is 5.67. The number of nitrogens with one attached hydrogen (secondary N) is 1. The zero-order valence-corrected chi connectivity index (χ0v) is 14.4. The lowest BCUT2D eigenvalue weighted by Gasteiger charge is -2.10. The van der Waals surface area contributed by atoms with E-state index in [0.29, 0.717) is 33.5 Å². The Morgan fingerprint density at radius 2 is 1.79 bits per heavy atom. The number of carbonyl (C=O) groups excluding carboxylic acids is 1. The molecule has 0 aliphatic heterocycles. The molecule has 3 rings (SSSR count). The number of carbonyl (C=O) groups is 1. The van der Waals surface area contributed by atoms with Gasteiger partial charge in [0.05, 0.1) is 10.5 Å². The Kier molecular flexibility index (Phi) is 3.93. The fourth-order valence-corrected chi connectivity index (χ4v) is 4.09. The van der Waals surface area contributed by atoms with Gasteiger partial charge in [-0.05, 0) is 50.6 Å². The van der Waals surface area contributed by atoms with Crippen molar-refractivity contribution in [2.75, 3.05) is 4.72 Å². The summed E-state index contributed by atoms with van der Waals surface area (Å²) in [6.07, 6.45) is 0. The number of aryl methyl sites for hydroxylation is 2. The van der Waals surface area contributed by atoms with E-state index >= 15 is 0 Å². The summed E-state index contributed by atoms with van der Waals surface area (Å²) in [5.74, 6) is 0.404. The van der Waals surface area contributed by atoms with Gasteiger partial charge >= 0.3 is 0 Å². The van der Waals surface area contributed by atoms with Gasteiger partial charge in [-0.25, -0.2) is 8.42 Å². The van der Waals surface area contributed by atoms with Crippen molar-refractivity contribution in [2.24, 2.45) is 0 Å². The molecule has 2 aromatic carbocycles. The zero-order valence-electron chi connectivity index (χ0n) is 13.6. The number of sulfonamides is 1. The van der Waals surface area contributed by atoms with Crippen LogP contribution >= 0.6 is 0 Å². The van der Waals surface area contributed by atoms with Crippen molar-refractivity contribution in [3.63, 3.8) is 0 Å². The molecule has 1 aromatic heterocycles. The Morgan fingerprint density at radius 1 is 1.08 bits per heavy atom. The minimum Gasteiger partial charge on any atom is -0.461 e. The first-order valence-electron chi connectivity index (χ1n) is 7.42. The van der Waals surface area contributed by atoms with Gasteiger partial charge in [-0.3, -0.25) is 9.52 Å². The van der Waals surface area contributed by atoms with Crippen molar-refractivity contribution in [3.05, 3.63) is 59.4 Å². The first-order valence-corrected chi connectivity index (χ1v) is 8.90. The van der Waals surface area contributed by atoms with Crippen LogP contribution in [-0.2, 0) is 10.0 Å². The molecule has 0 spiro atoms. The predicted octanol–water partition coefficient (Wildman–Crippen LogP) is 4.05. The van der Waals surface area contributed by atoms with E-state index in [2.05, 4.69) is 4.72 Å². The predicted molar refractivity (Wildman–Crippen MR) is 92.9 cm³/mol. The van der Waals surface area contributed by atoms with E-state index in [1.54, 1.807) is 56.3 Å². The highest BCUT2D eigenvalue weighted by molar-refractivity contribution is 7.92. The Labute approximate surface area is 140 Å². The first kappa shape index (κ1) is 16.3. The maximum Gasteiger partial charge on any atom is 0.262 e. The molecule has 0 aliphatic rings. The van der Waals surface area contributed by atoms with Crippen LogP contribution in [0.3, 0.4) is 0 Å². The molecule has 124 valence electrons. The number of ketones is 1. The van der Waals surface area contributed by atoms with E-state index in [1.807, 2.05) is 0 Å². The van der Waals surface area contributed by atoms with Crippen molar-refractivity contribution in [3.8, 4) is 0 Å². The number of benzene rings is 2. The van der Waals surface area contributed by atoms with Crippen molar-refractivity contribution in [2.45, 2.75) is 25.7 Å². The molecule has 0 saturated heterocycles. The fourth-order valence-electron chi connectivity index (χ4n) is 2.79. The molecular formula is C18H17NO4S. The van der Waals surface area contributed by atoms with Gasteiger partial charge in [-0.1, -0.05) is 18.2 Å². The maximum absolute atomic E-state index is 12.6. The average molecular weight is 343 g/mol. The van der Waals surface area contributed by atoms with Crippen molar-refractivity contribution >= 4 is 32.5 Å². The summed E-state index contributed by atoms with van der Waals surface area (Å²) in [5.41, 5.74) is 2.07. The molecule has 5 nitrogen and oxygen atoms in total. The largest absolute Gasteiger partial charge is 0.461 e. The summed E-state index contributed by atoms with van der Waals surface area (Å²) >= 11 is 0. The topological polar surface area (TPSA) is 76.4 Å². The van der Waals surface area contributed by atoms with Gasteiger partial charge in [0.2, 0.25) is 0 Å². The lowest BCUT2D eigenvalue weighted by molar-refractivity contribution is 0.101. The highest BCUT2D eigenvalue weighted by Gasteiger charge is 2.19. The summed E-state index contributed by atoms with van der Waals surface area (Å²) < 4.78 is 33.3. The molecule has 0 unspecified atom stereocenters. The molecule has 0 atom stereocenters. The molecule has 0 bridgehead atoms. The van der Waals surface area contributed by atoms with Crippen molar-refractivity contribution < 1.29 is 17.6 Å². The van der Waals surface area contributed by atoms with Crippen molar-refractivity contribution in [1.29, 1.82) is 0 Å². The van der Waals surface area contributed by atoms with Crippen LogP contribution in [0, 0.1) is 13.8 Å². The van der Waals surface area contributed by atoms with Crippen LogP contribution in [0.1, 0.15) is 28.6 Å². The lowest BCUT2D eigenvalue weighted by atomic mass is 10.1. The fraction of sp³-hybridized carbons (Fsp3) is 0.167. The van der Waals surface area contributed by atoms with Gasteiger partial charge in [0, 0.05) is 11.1 Å². The summed E-state index contributed by atoms with van der Waals surface area (Å²) in [6.45, 7) is 4.92. The lowest BCUT2D eigenvalue weighted by Crippen LogP contribution is -2.14. The van der Waals surface area contributed by atoms with Gasteiger partial charge in [0.15, 0.2) is 5.78 Å². The molecule has 0 aliphatic carbocycles. The number of anilines is 1. The van der Waals surface area contributed by atoms with E-state index in [4.69, 9.17) is 4.42 Å². The van der Waals surface area contributed by atoms with E-state index < -0.39 is 10.0 Å². The Bertz CT molecular complexity index is 1050. The van der Waals surface area contributed by atoms with Crippen LogP contribution in [0.25, 0.3) is 11.0 Å². The van der Waals surface area contributed by atoms with E-state index in [-0.39, 0.29) is 10.7 Å². The van der Waals surface area contributed by atoms with Crippen LogP contribution in [-0.4, -0.2) is 14.2 Å². The third kappa shape index (κ3) is 2.80. The molecule has 0 amide bonds. The van der Waals surface area contributed by atoms with Crippen LogP contribution in [0.2, 0.25) is 0 Å². The summed E-state index contributed by atoms with van der Waals surface area (Å²) in [5, 5.41) is 0.602. The maximum atomic E-state index is 12.6.